The number of piperazine rings is 1. The van der Waals surface area contributed by atoms with Crippen molar-refractivity contribution in [1.82, 2.24) is 9.80 Å². The van der Waals surface area contributed by atoms with E-state index in [9.17, 15) is 9.59 Å². The Hall–Kier alpha value is -2.72. The van der Waals surface area contributed by atoms with Crippen LogP contribution in [0.1, 0.15) is 72.6 Å². The lowest BCUT2D eigenvalue weighted by atomic mass is 9.59. The van der Waals surface area contributed by atoms with Gasteiger partial charge < -0.3 is 29.7 Å². The van der Waals surface area contributed by atoms with E-state index in [1.165, 1.54) is 0 Å². The van der Waals surface area contributed by atoms with E-state index in [-0.39, 0.29) is 29.3 Å². The number of ether oxygens (including phenoxy) is 3. The molecule has 10 heteroatoms. The van der Waals surface area contributed by atoms with E-state index >= 15 is 0 Å². The van der Waals surface area contributed by atoms with Gasteiger partial charge in [0.1, 0.15) is 11.4 Å². The number of hydrogen-bond donors (Lipinski definition) is 2. The summed E-state index contributed by atoms with van der Waals surface area (Å²) in [4.78, 5) is 34.4. The SMILES string of the molecule is C=N/C(=C\C(=N)/C(N)=C1\CCC[C@@]2(CCCCC23OCCO3)C1=O)N1CCN(C(=O)OC(C)(C)C)[C@@H](C)C1. The molecule has 2 atom stereocenters. The van der Waals surface area contributed by atoms with Crippen LogP contribution in [0.4, 0.5) is 4.79 Å². The Kier molecular flexibility index (Phi) is 8.04. The highest BCUT2D eigenvalue weighted by Gasteiger charge is 2.62. The van der Waals surface area contributed by atoms with E-state index in [2.05, 4.69) is 11.7 Å². The van der Waals surface area contributed by atoms with Crippen molar-refractivity contribution in [2.24, 2.45) is 16.1 Å². The maximum absolute atomic E-state index is 14.0. The molecule has 0 bridgehead atoms. The molecule has 2 heterocycles. The summed E-state index contributed by atoms with van der Waals surface area (Å²) >= 11 is 0. The van der Waals surface area contributed by atoms with Gasteiger partial charge in [-0.3, -0.25) is 10.2 Å². The number of Topliss-reactive ketones (excluding diaryl/α,β-unsaturated/α-hetero) is 1. The Morgan fingerprint density at radius 1 is 1.18 bits per heavy atom. The van der Waals surface area contributed by atoms with Gasteiger partial charge in [0.05, 0.1) is 30.0 Å². The van der Waals surface area contributed by atoms with Crippen molar-refractivity contribution in [1.29, 1.82) is 5.41 Å². The number of ketones is 1. The van der Waals surface area contributed by atoms with E-state index in [1.54, 1.807) is 11.0 Å². The molecule has 0 unspecified atom stereocenters. The number of aliphatic imine (C=N–C) groups is 1. The van der Waals surface area contributed by atoms with Crippen molar-refractivity contribution in [3.63, 3.8) is 0 Å². The van der Waals surface area contributed by atoms with Gasteiger partial charge in [-0.1, -0.05) is 6.42 Å². The number of rotatable bonds is 4. The van der Waals surface area contributed by atoms with E-state index < -0.39 is 16.8 Å². The monoisotopic (exact) mass is 529 g/mol. The van der Waals surface area contributed by atoms with Crippen LogP contribution in [0.2, 0.25) is 0 Å². The molecule has 0 radical (unpaired) electrons. The Morgan fingerprint density at radius 2 is 1.84 bits per heavy atom. The topological polar surface area (TPSA) is 131 Å². The number of nitrogens with one attached hydrogen (secondary N) is 1. The van der Waals surface area contributed by atoms with Crippen molar-refractivity contribution in [3.05, 3.63) is 23.2 Å². The van der Waals surface area contributed by atoms with Crippen LogP contribution < -0.4 is 5.73 Å². The lowest BCUT2D eigenvalue weighted by molar-refractivity contribution is -0.251. The zero-order valence-corrected chi connectivity index (χ0v) is 23.3. The average Bonchev–Trinajstić information content (AvgIpc) is 3.33. The molecule has 4 aliphatic rings. The molecule has 4 rings (SSSR count). The maximum atomic E-state index is 14.0. The fraction of sp³-hybridized carbons (Fsp3) is 0.714. The molecule has 2 aliphatic carbocycles. The van der Waals surface area contributed by atoms with Crippen LogP contribution in [0.25, 0.3) is 0 Å². The number of carbonyl (C=O) groups excluding carboxylic acids is 2. The third-order valence-corrected chi connectivity index (χ3v) is 8.21. The normalized spacial score (nSPS) is 29.5. The van der Waals surface area contributed by atoms with Crippen LogP contribution in [-0.2, 0) is 19.0 Å². The minimum atomic E-state index is -0.871. The molecule has 2 aliphatic heterocycles. The van der Waals surface area contributed by atoms with Crippen molar-refractivity contribution in [2.75, 3.05) is 32.8 Å². The summed E-state index contributed by atoms with van der Waals surface area (Å²) in [5.74, 6) is -0.415. The van der Waals surface area contributed by atoms with E-state index in [4.69, 9.17) is 25.4 Å². The Morgan fingerprint density at radius 3 is 2.47 bits per heavy atom. The number of carbonyl (C=O) groups is 2. The lowest BCUT2D eigenvalue weighted by Crippen LogP contribution is -2.58. The second kappa shape index (κ2) is 10.8. The molecular formula is C28H43N5O5. The van der Waals surface area contributed by atoms with Crippen LogP contribution >= 0.6 is 0 Å². The third kappa shape index (κ3) is 5.25. The molecule has 0 aromatic carbocycles. The highest BCUT2D eigenvalue weighted by molar-refractivity contribution is 6.13. The molecule has 38 heavy (non-hydrogen) atoms. The van der Waals surface area contributed by atoms with Gasteiger partial charge in [-0.2, -0.15) is 0 Å². The second-order valence-corrected chi connectivity index (χ2v) is 11.9. The fourth-order valence-corrected chi connectivity index (χ4v) is 6.40. The molecule has 2 saturated carbocycles. The van der Waals surface area contributed by atoms with E-state index in [0.717, 1.165) is 19.3 Å². The van der Waals surface area contributed by atoms with Gasteiger partial charge in [0, 0.05) is 43.7 Å². The maximum Gasteiger partial charge on any atom is 0.410 e. The fourth-order valence-electron chi connectivity index (χ4n) is 6.40. The van der Waals surface area contributed by atoms with Crippen LogP contribution in [0.15, 0.2) is 28.2 Å². The first-order valence-electron chi connectivity index (χ1n) is 13.8. The summed E-state index contributed by atoms with van der Waals surface area (Å²) in [5, 5.41) is 8.76. The molecule has 1 amide bonds. The summed E-state index contributed by atoms with van der Waals surface area (Å²) in [7, 11) is 0. The summed E-state index contributed by atoms with van der Waals surface area (Å²) in [5.41, 5.74) is 5.89. The molecule has 2 saturated heterocycles. The largest absolute Gasteiger partial charge is 0.444 e. The number of nitrogens with zero attached hydrogens (tertiary/aromatic N) is 3. The van der Waals surface area contributed by atoms with E-state index in [1.807, 2.05) is 32.6 Å². The number of hydrogen-bond acceptors (Lipinski definition) is 9. The minimum Gasteiger partial charge on any atom is -0.444 e. The zero-order chi connectivity index (χ0) is 27.7. The number of nitrogens with two attached hydrogens (primary N) is 1. The standard InChI is InChI=1S/C28H43N5O5/c1-19-18-32(13-14-33(19)25(35)38-26(2,3)4)22(31-5)17-21(29)23(30)20-9-8-11-27(24(20)34)10-6-7-12-28(27)36-15-16-37-28/h17,19,29H,5-16,18,30H2,1-4H3/b22-17+,23-20-,29-21?/t19-,27-/m0/s1. The predicted octanol–water partition coefficient (Wildman–Crippen LogP) is 3.76. The van der Waals surface area contributed by atoms with Gasteiger partial charge in [0.25, 0.3) is 0 Å². The van der Waals surface area contributed by atoms with Gasteiger partial charge in [0.15, 0.2) is 11.6 Å². The van der Waals surface area contributed by atoms with Gasteiger partial charge in [-0.05, 0) is 66.5 Å². The molecule has 2 spiro atoms. The molecule has 210 valence electrons. The second-order valence-electron chi connectivity index (χ2n) is 11.9. The number of amides is 1. The molecule has 3 N–H and O–H groups in total. The van der Waals surface area contributed by atoms with Crippen molar-refractivity contribution in [3.8, 4) is 0 Å². The molecule has 0 aromatic heterocycles. The lowest BCUT2D eigenvalue weighted by Gasteiger charge is -2.51. The van der Waals surface area contributed by atoms with Crippen LogP contribution in [-0.4, -0.2) is 84.4 Å². The summed E-state index contributed by atoms with van der Waals surface area (Å²) < 4.78 is 17.8. The van der Waals surface area contributed by atoms with Gasteiger partial charge in [-0.15, -0.1) is 0 Å². The summed E-state index contributed by atoms with van der Waals surface area (Å²) in [6.45, 7) is 13.7. The van der Waals surface area contributed by atoms with Crippen molar-refractivity contribution in [2.45, 2.75) is 90.1 Å². The van der Waals surface area contributed by atoms with Gasteiger partial charge in [-0.25, -0.2) is 9.79 Å². The number of fused-ring (bicyclic) bond motifs is 1. The Balaban J connectivity index is 1.51. The molecule has 10 nitrogen and oxygen atoms in total. The Labute approximate surface area is 225 Å². The first-order valence-corrected chi connectivity index (χ1v) is 13.8. The van der Waals surface area contributed by atoms with Crippen LogP contribution in [0.5, 0.6) is 0 Å². The first kappa shape index (κ1) is 28.3. The minimum absolute atomic E-state index is 0.0336. The van der Waals surface area contributed by atoms with E-state index in [0.29, 0.717) is 69.9 Å². The Bertz CT molecular complexity index is 1030. The molecule has 0 aromatic rings. The summed E-state index contributed by atoms with van der Waals surface area (Å²) in [6.07, 6.45) is 6.60. The molecule has 4 fully saturated rings. The highest BCUT2D eigenvalue weighted by atomic mass is 16.7. The van der Waals surface area contributed by atoms with Crippen molar-refractivity contribution < 1.29 is 23.8 Å². The van der Waals surface area contributed by atoms with Crippen LogP contribution in [0, 0.1) is 10.8 Å². The zero-order valence-electron chi connectivity index (χ0n) is 23.3. The number of allylic oxidation sites excluding steroid dienone is 2. The summed E-state index contributed by atoms with van der Waals surface area (Å²) in [6, 6.07) is -0.123. The smallest absolute Gasteiger partial charge is 0.410 e. The van der Waals surface area contributed by atoms with Crippen molar-refractivity contribution >= 4 is 24.3 Å². The van der Waals surface area contributed by atoms with Crippen LogP contribution in [0.3, 0.4) is 0 Å². The third-order valence-electron chi connectivity index (χ3n) is 8.21. The van der Waals surface area contributed by atoms with Gasteiger partial charge in [0.2, 0.25) is 0 Å². The first-order chi connectivity index (χ1) is 17.9. The quantitative estimate of drug-likeness (QED) is 0.419. The average molecular weight is 530 g/mol. The highest BCUT2D eigenvalue weighted by Crippen LogP contribution is 2.56. The predicted molar refractivity (Wildman–Crippen MR) is 145 cm³/mol. The van der Waals surface area contributed by atoms with Gasteiger partial charge >= 0.3 is 6.09 Å². The molecular weight excluding hydrogens is 486 g/mol.